The van der Waals surface area contributed by atoms with E-state index < -0.39 is 0 Å². The van der Waals surface area contributed by atoms with Gasteiger partial charge in [-0.2, -0.15) is 0 Å². The van der Waals surface area contributed by atoms with E-state index in [9.17, 15) is 0 Å². The zero-order chi connectivity index (χ0) is 14.5. The molecule has 0 aliphatic carbocycles. The minimum atomic E-state index is 0. The van der Waals surface area contributed by atoms with E-state index in [1.165, 1.54) is 16.3 Å². The van der Waals surface area contributed by atoms with E-state index in [0.29, 0.717) is 0 Å². The summed E-state index contributed by atoms with van der Waals surface area (Å²) in [5.74, 6) is 1.00. The first kappa shape index (κ1) is 17.8. The maximum absolute atomic E-state index is 4.69. The maximum atomic E-state index is 4.69. The topological polar surface area (TPSA) is 18.8 Å². The van der Waals surface area contributed by atoms with E-state index in [0.717, 1.165) is 18.9 Å². The lowest BCUT2D eigenvalue weighted by atomic mass is 10.0. The van der Waals surface area contributed by atoms with Gasteiger partial charge in [-0.3, -0.25) is 4.99 Å². The van der Waals surface area contributed by atoms with Gasteiger partial charge in [-0.05, 0) is 22.8 Å². The van der Waals surface area contributed by atoms with Gasteiger partial charge >= 0.3 is 0 Å². The Morgan fingerprint density at radius 3 is 2.19 bits per heavy atom. The van der Waals surface area contributed by atoms with E-state index in [2.05, 4.69) is 42.5 Å². The lowest BCUT2D eigenvalue weighted by Crippen LogP contribution is -2.35. The Balaban J connectivity index is 0.00000220. The molecule has 3 nitrogen and oxygen atoms in total. The molecule has 0 amide bonds. The molecule has 2 aromatic rings. The third-order valence-corrected chi connectivity index (χ3v) is 3.31. The van der Waals surface area contributed by atoms with Crippen LogP contribution in [-0.2, 0) is 6.42 Å². The van der Waals surface area contributed by atoms with E-state index in [1.54, 1.807) is 0 Å². The Labute approximate surface area is 144 Å². The lowest BCUT2D eigenvalue weighted by Gasteiger charge is -2.22. The summed E-state index contributed by atoms with van der Waals surface area (Å²) in [6.07, 6.45) is 0.965. The zero-order valence-electron chi connectivity index (χ0n) is 13.2. The minimum Gasteiger partial charge on any atom is -0.349 e. The van der Waals surface area contributed by atoms with Crippen molar-refractivity contribution in [1.82, 2.24) is 9.80 Å². The predicted octanol–water partition coefficient (Wildman–Crippen LogP) is 3.48. The first-order chi connectivity index (χ1) is 9.59. The average Bonchev–Trinajstić information content (AvgIpc) is 2.42. The number of halogens is 1. The Morgan fingerprint density at radius 2 is 1.52 bits per heavy atom. The molecule has 0 radical (unpaired) electrons. The van der Waals surface area contributed by atoms with Crippen molar-refractivity contribution < 1.29 is 0 Å². The number of aliphatic imine (C=N–C) groups is 1. The molecule has 114 valence electrons. The van der Waals surface area contributed by atoms with Crippen LogP contribution in [0.4, 0.5) is 0 Å². The second-order valence-corrected chi connectivity index (χ2v) is 5.36. The third-order valence-electron chi connectivity index (χ3n) is 3.31. The van der Waals surface area contributed by atoms with Gasteiger partial charge in [0.05, 0.1) is 0 Å². The molecule has 0 heterocycles. The largest absolute Gasteiger partial charge is 0.349 e. The fraction of sp³-hybridized carbons (Fsp3) is 0.353. The molecule has 0 aromatic heterocycles. The van der Waals surface area contributed by atoms with E-state index in [1.807, 2.05) is 38.0 Å². The van der Waals surface area contributed by atoms with Crippen LogP contribution in [0.25, 0.3) is 10.8 Å². The van der Waals surface area contributed by atoms with Crippen molar-refractivity contribution in [1.29, 1.82) is 0 Å². The zero-order valence-corrected chi connectivity index (χ0v) is 15.5. The van der Waals surface area contributed by atoms with Gasteiger partial charge in [0, 0.05) is 34.7 Å². The van der Waals surface area contributed by atoms with Gasteiger partial charge in [0.2, 0.25) is 0 Å². The minimum absolute atomic E-state index is 0. The summed E-state index contributed by atoms with van der Waals surface area (Å²) in [4.78, 5) is 8.78. The summed E-state index contributed by atoms with van der Waals surface area (Å²) < 4.78 is 0. The average molecular weight is 397 g/mol. The van der Waals surface area contributed by atoms with Crippen molar-refractivity contribution >= 4 is 40.7 Å². The van der Waals surface area contributed by atoms with E-state index in [4.69, 9.17) is 4.99 Å². The molecule has 0 saturated carbocycles. The van der Waals surface area contributed by atoms with Crippen LogP contribution < -0.4 is 0 Å². The molecule has 0 unspecified atom stereocenters. The van der Waals surface area contributed by atoms with Crippen LogP contribution in [0.2, 0.25) is 0 Å². The number of benzene rings is 2. The van der Waals surface area contributed by atoms with Crippen LogP contribution in [0.1, 0.15) is 5.56 Å². The maximum Gasteiger partial charge on any atom is 0.195 e. The highest BCUT2D eigenvalue weighted by Gasteiger charge is 2.04. The summed E-state index contributed by atoms with van der Waals surface area (Å²) >= 11 is 0. The van der Waals surface area contributed by atoms with Gasteiger partial charge in [0.25, 0.3) is 0 Å². The molecule has 2 aromatic carbocycles. The predicted molar refractivity (Wildman–Crippen MR) is 103 cm³/mol. The fourth-order valence-electron chi connectivity index (χ4n) is 2.47. The van der Waals surface area contributed by atoms with Gasteiger partial charge in [0.15, 0.2) is 5.96 Å². The van der Waals surface area contributed by atoms with Crippen LogP contribution in [-0.4, -0.2) is 50.5 Å². The lowest BCUT2D eigenvalue weighted by molar-refractivity contribution is 0.479. The van der Waals surface area contributed by atoms with Crippen molar-refractivity contribution in [2.45, 2.75) is 6.42 Å². The molecule has 0 bridgehead atoms. The summed E-state index contributed by atoms with van der Waals surface area (Å²) in [7, 11) is 8.10. The molecular formula is C17H24IN3. The molecule has 21 heavy (non-hydrogen) atoms. The van der Waals surface area contributed by atoms with Gasteiger partial charge in [-0.1, -0.05) is 42.5 Å². The van der Waals surface area contributed by atoms with Gasteiger partial charge in [-0.25, -0.2) is 0 Å². The molecule has 4 heteroatoms. The smallest absolute Gasteiger partial charge is 0.195 e. The van der Waals surface area contributed by atoms with Crippen LogP contribution in [0.5, 0.6) is 0 Å². The summed E-state index contributed by atoms with van der Waals surface area (Å²) in [6, 6.07) is 15.0. The fourth-order valence-corrected chi connectivity index (χ4v) is 2.47. The number of hydrogen-bond acceptors (Lipinski definition) is 1. The number of fused-ring (bicyclic) bond motifs is 1. The molecule has 0 spiro atoms. The van der Waals surface area contributed by atoms with Crippen LogP contribution in [0, 0.1) is 0 Å². The van der Waals surface area contributed by atoms with Crippen molar-refractivity contribution in [3.8, 4) is 0 Å². The second-order valence-electron chi connectivity index (χ2n) is 5.36. The number of guanidine groups is 1. The SMILES string of the molecule is CN(C)C(=NCCc1cccc2ccccc12)N(C)C.I. The number of rotatable bonds is 3. The van der Waals surface area contributed by atoms with E-state index in [-0.39, 0.29) is 24.0 Å². The van der Waals surface area contributed by atoms with Gasteiger partial charge < -0.3 is 9.80 Å². The Kier molecular flexibility index (Phi) is 6.95. The first-order valence-electron chi connectivity index (χ1n) is 6.95. The Hall–Kier alpha value is -1.30. The van der Waals surface area contributed by atoms with Crippen molar-refractivity contribution in [2.24, 2.45) is 4.99 Å². The van der Waals surface area contributed by atoms with Crippen molar-refractivity contribution in [3.63, 3.8) is 0 Å². The van der Waals surface area contributed by atoms with Crippen molar-refractivity contribution in [3.05, 3.63) is 48.0 Å². The molecule has 0 fully saturated rings. The van der Waals surface area contributed by atoms with Crippen LogP contribution >= 0.6 is 24.0 Å². The molecule has 0 saturated heterocycles. The molecule has 0 atom stereocenters. The Morgan fingerprint density at radius 1 is 0.905 bits per heavy atom. The molecular weight excluding hydrogens is 373 g/mol. The molecule has 0 aliphatic rings. The third kappa shape index (κ3) is 4.59. The highest BCUT2D eigenvalue weighted by atomic mass is 127. The normalized spacial score (nSPS) is 9.90. The highest BCUT2D eigenvalue weighted by molar-refractivity contribution is 14.0. The second kappa shape index (κ2) is 8.22. The summed E-state index contributed by atoms with van der Waals surface area (Å²) in [5.41, 5.74) is 1.36. The first-order valence-corrected chi connectivity index (χ1v) is 6.95. The monoisotopic (exact) mass is 397 g/mol. The van der Waals surface area contributed by atoms with E-state index >= 15 is 0 Å². The quantitative estimate of drug-likeness (QED) is 0.449. The molecule has 2 rings (SSSR count). The molecule has 0 N–H and O–H groups in total. The summed E-state index contributed by atoms with van der Waals surface area (Å²) in [5, 5.41) is 2.64. The van der Waals surface area contributed by atoms with Gasteiger partial charge in [-0.15, -0.1) is 24.0 Å². The number of hydrogen-bond donors (Lipinski definition) is 0. The van der Waals surface area contributed by atoms with Crippen LogP contribution in [0.3, 0.4) is 0 Å². The van der Waals surface area contributed by atoms with Crippen LogP contribution in [0.15, 0.2) is 47.5 Å². The standard InChI is InChI=1S/C17H23N3.HI/c1-19(2)17(20(3)4)18-13-12-15-10-7-9-14-8-5-6-11-16(14)15;/h5-11H,12-13H2,1-4H3;1H. The molecule has 0 aliphatic heterocycles. The van der Waals surface area contributed by atoms with Crippen molar-refractivity contribution in [2.75, 3.05) is 34.7 Å². The highest BCUT2D eigenvalue weighted by Crippen LogP contribution is 2.18. The number of nitrogens with zero attached hydrogens (tertiary/aromatic N) is 3. The van der Waals surface area contributed by atoms with Gasteiger partial charge in [0.1, 0.15) is 0 Å². The summed E-state index contributed by atoms with van der Waals surface area (Å²) in [6.45, 7) is 0.805. The Bertz CT molecular complexity index is 591.